The molecule has 1 amide bonds. The third kappa shape index (κ3) is 3.67. The zero-order chi connectivity index (χ0) is 17.6. The van der Waals surface area contributed by atoms with Crippen LogP contribution in [0.3, 0.4) is 0 Å². The molecule has 3 aromatic rings. The monoisotopic (exact) mass is 332 g/mol. The van der Waals surface area contributed by atoms with E-state index in [1.807, 2.05) is 36.4 Å². The third-order valence-electron chi connectivity index (χ3n) is 3.57. The molecule has 0 spiro atoms. The van der Waals surface area contributed by atoms with Gasteiger partial charge in [0.2, 0.25) is 0 Å². The van der Waals surface area contributed by atoms with Gasteiger partial charge in [0.25, 0.3) is 5.91 Å². The lowest BCUT2D eigenvalue weighted by molar-refractivity contribution is 0.0944. The number of hydrogen-bond donors (Lipinski definition) is 1. The minimum Gasteiger partial charge on any atom is -0.332 e. The van der Waals surface area contributed by atoms with Crippen LogP contribution in [0.1, 0.15) is 22.0 Å². The number of amides is 1. The van der Waals surface area contributed by atoms with E-state index >= 15 is 0 Å². The van der Waals surface area contributed by atoms with Crippen molar-refractivity contribution >= 4 is 5.91 Å². The minimum absolute atomic E-state index is 0.111. The zero-order valence-electron chi connectivity index (χ0n) is 13.1. The number of nitrogens with zero attached hydrogens (tertiary/aromatic N) is 3. The Labute approximate surface area is 143 Å². The summed E-state index contributed by atoms with van der Waals surface area (Å²) < 4.78 is 13.8. The maximum absolute atomic E-state index is 13.8. The fraction of sp³-hybridized carbons (Fsp3) is 0.0526. The predicted octanol–water partition coefficient (Wildman–Crippen LogP) is 3.28. The quantitative estimate of drug-likeness (QED) is 0.795. The molecular formula is C19H13FN4O. The van der Waals surface area contributed by atoms with Crippen molar-refractivity contribution in [1.82, 2.24) is 15.3 Å². The van der Waals surface area contributed by atoms with Crippen LogP contribution in [-0.2, 0) is 0 Å². The number of benzene rings is 2. The van der Waals surface area contributed by atoms with Crippen molar-refractivity contribution in [2.24, 2.45) is 0 Å². The highest BCUT2D eigenvalue weighted by atomic mass is 19.1. The molecule has 0 fully saturated rings. The molecule has 1 atom stereocenters. The van der Waals surface area contributed by atoms with Crippen LogP contribution < -0.4 is 5.32 Å². The smallest absolute Gasteiger partial charge is 0.255 e. The predicted molar refractivity (Wildman–Crippen MR) is 89.7 cm³/mol. The molecule has 122 valence electrons. The van der Waals surface area contributed by atoms with Crippen molar-refractivity contribution < 1.29 is 9.18 Å². The van der Waals surface area contributed by atoms with Crippen LogP contribution in [-0.4, -0.2) is 15.9 Å². The highest BCUT2D eigenvalue weighted by Gasteiger charge is 2.18. The fourth-order valence-corrected chi connectivity index (χ4v) is 2.28. The number of nitriles is 1. The van der Waals surface area contributed by atoms with E-state index in [1.165, 1.54) is 30.6 Å². The van der Waals surface area contributed by atoms with E-state index in [2.05, 4.69) is 15.3 Å². The Morgan fingerprint density at radius 2 is 1.68 bits per heavy atom. The summed E-state index contributed by atoms with van der Waals surface area (Å²) in [5.41, 5.74) is 1.13. The molecule has 6 heteroatoms. The Kier molecular flexibility index (Phi) is 4.77. The van der Waals surface area contributed by atoms with Gasteiger partial charge in [-0.15, -0.1) is 0 Å². The normalized spacial score (nSPS) is 11.4. The van der Waals surface area contributed by atoms with Crippen molar-refractivity contribution in [2.45, 2.75) is 6.04 Å². The maximum Gasteiger partial charge on any atom is 0.255 e. The van der Waals surface area contributed by atoms with Crippen molar-refractivity contribution in [1.29, 1.82) is 5.26 Å². The van der Waals surface area contributed by atoms with Crippen LogP contribution in [0.5, 0.6) is 0 Å². The molecule has 0 radical (unpaired) electrons. The molecule has 0 aliphatic heterocycles. The van der Waals surface area contributed by atoms with Crippen molar-refractivity contribution in [3.63, 3.8) is 0 Å². The zero-order valence-corrected chi connectivity index (χ0v) is 13.1. The van der Waals surface area contributed by atoms with Crippen LogP contribution in [0.4, 0.5) is 4.39 Å². The second kappa shape index (κ2) is 7.32. The van der Waals surface area contributed by atoms with Crippen molar-refractivity contribution in [2.75, 3.05) is 0 Å². The van der Waals surface area contributed by atoms with E-state index in [9.17, 15) is 14.4 Å². The molecule has 1 N–H and O–H groups in total. The number of halogens is 1. The van der Waals surface area contributed by atoms with E-state index in [4.69, 9.17) is 0 Å². The summed E-state index contributed by atoms with van der Waals surface area (Å²) in [6.07, 6.45) is 2.75. The first-order chi connectivity index (χ1) is 12.2. The number of hydrogen-bond acceptors (Lipinski definition) is 4. The van der Waals surface area contributed by atoms with E-state index in [0.29, 0.717) is 5.82 Å². The summed E-state index contributed by atoms with van der Waals surface area (Å²) in [7, 11) is 0. The van der Waals surface area contributed by atoms with Gasteiger partial charge < -0.3 is 5.32 Å². The number of nitrogens with one attached hydrogen (secondary N) is 1. The first kappa shape index (κ1) is 16.3. The first-order valence-corrected chi connectivity index (χ1v) is 7.51. The number of rotatable bonds is 4. The van der Waals surface area contributed by atoms with Crippen molar-refractivity contribution in [3.8, 4) is 17.5 Å². The van der Waals surface area contributed by atoms with Gasteiger partial charge in [0.1, 0.15) is 11.9 Å². The number of carbonyl (C=O) groups is 1. The number of aromatic nitrogens is 2. The lowest BCUT2D eigenvalue weighted by atomic mass is 10.1. The summed E-state index contributed by atoms with van der Waals surface area (Å²) in [5.74, 6) is -0.609. The van der Waals surface area contributed by atoms with Crippen LogP contribution in [0.25, 0.3) is 11.4 Å². The standard InChI is InChI=1S/C19H13FN4O/c20-16-9-5-4-8-15(16)17(10-21)24-19(25)14-11-22-18(23-12-14)13-6-2-1-3-7-13/h1-9,11-12,17H,(H,24,25). The highest BCUT2D eigenvalue weighted by Crippen LogP contribution is 2.17. The van der Waals surface area contributed by atoms with Gasteiger partial charge in [-0.1, -0.05) is 48.5 Å². The molecule has 0 aliphatic rings. The lowest BCUT2D eigenvalue weighted by Crippen LogP contribution is -2.28. The Hall–Kier alpha value is -3.59. The molecule has 1 aromatic heterocycles. The van der Waals surface area contributed by atoms with Gasteiger partial charge in [0.05, 0.1) is 11.6 Å². The summed E-state index contributed by atoms with van der Waals surface area (Å²) in [5, 5.41) is 11.7. The topological polar surface area (TPSA) is 78.7 Å². The Morgan fingerprint density at radius 1 is 1.04 bits per heavy atom. The lowest BCUT2D eigenvalue weighted by Gasteiger charge is -2.12. The molecule has 2 aromatic carbocycles. The van der Waals surface area contributed by atoms with E-state index in [-0.39, 0.29) is 11.1 Å². The SMILES string of the molecule is N#CC(NC(=O)c1cnc(-c2ccccc2)nc1)c1ccccc1F. The summed E-state index contributed by atoms with van der Waals surface area (Å²) in [4.78, 5) is 20.6. The Bertz CT molecular complexity index is 920. The van der Waals surface area contributed by atoms with Gasteiger partial charge in [0, 0.05) is 23.5 Å². The van der Waals surface area contributed by atoms with Crippen LogP contribution in [0, 0.1) is 17.1 Å². The average Bonchev–Trinajstić information content (AvgIpc) is 2.67. The minimum atomic E-state index is -1.09. The third-order valence-corrected chi connectivity index (χ3v) is 3.57. The Balaban J connectivity index is 1.77. The average molecular weight is 332 g/mol. The second-order valence-corrected chi connectivity index (χ2v) is 5.22. The molecule has 5 nitrogen and oxygen atoms in total. The largest absolute Gasteiger partial charge is 0.332 e. The van der Waals surface area contributed by atoms with E-state index in [0.717, 1.165) is 5.56 Å². The highest BCUT2D eigenvalue weighted by molar-refractivity contribution is 5.94. The van der Waals surface area contributed by atoms with Crippen LogP contribution in [0.2, 0.25) is 0 Å². The maximum atomic E-state index is 13.8. The Morgan fingerprint density at radius 3 is 2.32 bits per heavy atom. The van der Waals surface area contributed by atoms with E-state index < -0.39 is 17.8 Å². The van der Waals surface area contributed by atoms with Gasteiger partial charge >= 0.3 is 0 Å². The van der Waals surface area contributed by atoms with Gasteiger partial charge in [-0.25, -0.2) is 14.4 Å². The van der Waals surface area contributed by atoms with Gasteiger partial charge in [-0.05, 0) is 6.07 Å². The van der Waals surface area contributed by atoms with Crippen LogP contribution in [0.15, 0.2) is 67.0 Å². The number of carbonyl (C=O) groups excluding carboxylic acids is 1. The molecule has 3 rings (SSSR count). The molecule has 0 bridgehead atoms. The van der Waals surface area contributed by atoms with E-state index in [1.54, 1.807) is 6.07 Å². The molecule has 0 saturated carbocycles. The summed E-state index contributed by atoms with van der Waals surface area (Å²) in [6, 6.07) is 15.9. The van der Waals surface area contributed by atoms with Gasteiger partial charge in [-0.2, -0.15) is 5.26 Å². The fourth-order valence-electron chi connectivity index (χ4n) is 2.28. The van der Waals surface area contributed by atoms with Gasteiger partial charge in [-0.3, -0.25) is 4.79 Å². The molecule has 1 heterocycles. The van der Waals surface area contributed by atoms with Crippen LogP contribution >= 0.6 is 0 Å². The molecule has 1 unspecified atom stereocenters. The molecule has 0 saturated heterocycles. The first-order valence-electron chi connectivity index (χ1n) is 7.51. The molecule has 25 heavy (non-hydrogen) atoms. The summed E-state index contributed by atoms with van der Waals surface area (Å²) >= 11 is 0. The van der Waals surface area contributed by atoms with Gasteiger partial charge in [0.15, 0.2) is 5.82 Å². The second-order valence-electron chi connectivity index (χ2n) is 5.22. The molecular weight excluding hydrogens is 319 g/mol. The molecule has 0 aliphatic carbocycles. The van der Waals surface area contributed by atoms with Crippen molar-refractivity contribution in [3.05, 3.63) is 83.9 Å². The summed E-state index contributed by atoms with van der Waals surface area (Å²) in [6.45, 7) is 0.